The number of rotatable bonds is 7. The average Bonchev–Trinajstić information content (AvgIpc) is 3.84. The van der Waals surface area contributed by atoms with Gasteiger partial charge in [0.1, 0.15) is 5.82 Å². The van der Waals surface area contributed by atoms with Gasteiger partial charge >= 0.3 is 0 Å². The Morgan fingerprint density at radius 3 is 1.93 bits per heavy atom. The van der Waals surface area contributed by atoms with Crippen molar-refractivity contribution in [1.29, 1.82) is 0 Å². The normalized spacial score (nSPS) is 13.7. The van der Waals surface area contributed by atoms with Gasteiger partial charge in [-0.1, -0.05) is 142 Å². The first-order valence-corrected chi connectivity index (χ1v) is 19.8. The fraction of sp³-hybridized carbons (Fsp3) is 0.113. The van der Waals surface area contributed by atoms with Crippen molar-refractivity contribution in [2.45, 2.75) is 26.2 Å². The van der Waals surface area contributed by atoms with Crippen LogP contribution >= 0.6 is 0 Å². The molecular weight excluding hydrogens is 707 g/mol. The first kappa shape index (κ1) is 32.0. The molecule has 9 aromatic rings. The second kappa shape index (κ2) is 14.1. The highest BCUT2D eigenvalue weighted by molar-refractivity contribution is 6.11. The Morgan fingerprint density at radius 1 is 0.569 bits per heavy atom. The van der Waals surface area contributed by atoms with E-state index < -0.39 is 6.98 Å². The summed E-state index contributed by atoms with van der Waals surface area (Å²) in [7, 11) is 0. The van der Waals surface area contributed by atoms with E-state index in [-0.39, 0.29) is 12.1 Å². The van der Waals surface area contributed by atoms with Crippen molar-refractivity contribution < 1.29 is 4.11 Å². The van der Waals surface area contributed by atoms with Crippen molar-refractivity contribution in [2.24, 2.45) is 0 Å². The number of benzene rings is 7. The van der Waals surface area contributed by atoms with Gasteiger partial charge < -0.3 is 14.7 Å². The summed E-state index contributed by atoms with van der Waals surface area (Å²) in [5.74, 6) is 0.866. The molecule has 5 heteroatoms. The molecule has 5 nitrogen and oxygen atoms in total. The lowest BCUT2D eigenvalue weighted by molar-refractivity contribution is 0.588. The van der Waals surface area contributed by atoms with Crippen LogP contribution in [0.4, 0.5) is 34.1 Å². The Bertz CT molecular complexity index is 3000. The van der Waals surface area contributed by atoms with E-state index in [9.17, 15) is 0 Å². The molecule has 7 aromatic carbocycles. The Hall–Kier alpha value is -7.11. The van der Waals surface area contributed by atoms with E-state index in [0.717, 1.165) is 78.3 Å². The standard InChI is InChI=1S/C53H45N5/c1-53(2,3)39-31-32-54-51(33-39)58-47-26-12-11-23-45(47)46-30-29-42(35-50(46)58)57(41-22-15-21-40(34-41)56-36-55(4)48-27-13-14-28-49(48)56)52-43(37-17-7-5-8-18-37)24-16-25-44(52)38-19-9-6-10-20-38/h5-35H,36H2,1-4H3/i4D3. The SMILES string of the molecule is [2H]C([2H])([2H])N1CN(c2cccc(N(c3ccc4c5ccccc5n(-c5cc(C(C)(C)C)ccn5)c4c3)c3c(-c4ccccc4)cccc3-c3ccccc3)c2)c2ccccc21. The molecule has 2 aromatic heterocycles. The van der Waals surface area contributed by atoms with E-state index in [1.54, 1.807) is 0 Å². The summed E-state index contributed by atoms with van der Waals surface area (Å²) in [6, 6.07) is 63.6. The Morgan fingerprint density at radius 2 is 1.21 bits per heavy atom. The lowest BCUT2D eigenvalue weighted by Gasteiger charge is -2.31. The third kappa shape index (κ3) is 6.07. The zero-order valence-corrected chi connectivity index (χ0v) is 32.8. The lowest BCUT2D eigenvalue weighted by atomic mass is 9.88. The second-order valence-corrected chi connectivity index (χ2v) is 16.0. The van der Waals surface area contributed by atoms with Crippen LogP contribution in [0, 0.1) is 0 Å². The predicted octanol–water partition coefficient (Wildman–Crippen LogP) is 13.8. The largest absolute Gasteiger partial charge is 0.355 e. The van der Waals surface area contributed by atoms with E-state index in [1.165, 1.54) is 10.5 Å². The number of fused-ring (bicyclic) bond motifs is 4. The minimum atomic E-state index is -2.30. The minimum Gasteiger partial charge on any atom is -0.355 e. The van der Waals surface area contributed by atoms with E-state index in [0.29, 0.717) is 5.69 Å². The minimum absolute atomic E-state index is 0.0607. The molecule has 10 rings (SSSR count). The van der Waals surface area contributed by atoms with Gasteiger partial charge in [0.15, 0.2) is 0 Å². The third-order valence-corrected chi connectivity index (χ3v) is 11.3. The predicted molar refractivity (Wildman–Crippen MR) is 245 cm³/mol. The summed E-state index contributed by atoms with van der Waals surface area (Å²) in [5, 5.41) is 2.29. The van der Waals surface area contributed by atoms with E-state index in [2.05, 4.69) is 193 Å². The monoisotopic (exact) mass is 754 g/mol. The summed E-state index contributed by atoms with van der Waals surface area (Å²) in [5.41, 5.74) is 13.0. The molecule has 0 atom stereocenters. The van der Waals surface area contributed by atoms with Crippen LogP contribution < -0.4 is 14.7 Å². The van der Waals surface area contributed by atoms with Gasteiger partial charge in [-0.2, -0.15) is 0 Å². The number of hydrogen-bond acceptors (Lipinski definition) is 4. The molecule has 0 bridgehead atoms. The van der Waals surface area contributed by atoms with E-state index >= 15 is 0 Å². The molecule has 282 valence electrons. The van der Waals surface area contributed by atoms with Crippen LogP contribution in [0.15, 0.2) is 188 Å². The van der Waals surface area contributed by atoms with Crippen LogP contribution in [-0.4, -0.2) is 23.2 Å². The molecule has 0 fully saturated rings. The quantitative estimate of drug-likeness (QED) is 0.162. The van der Waals surface area contributed by atoms with Crippen molar-refractivity contribution in [3.05, 3.63) is 194 Å². The van der Waals surface area contributed by atoms with Crippen LogP contribution in [0.3, 0.4) is 0 Å². The van der Waals surface area contributed by atoms with E-state index in [1.807, 2.05) is 30.5 Å². The smallest absolute Gasteiger partial charge is 0.137 e. The van der Waals surface area contributed by atoms with Crippen molar-refractivity contribution in [3.63, 3.8) is 0 Å². The topological polar surface area (TPSA) is 27.5 Å². The fourth-order valence-corrected chi connectivity index (χ4v) is 8.48. The Balaban J connectivity index is 1.26. The van der Waals surface area contributed by atoms with Crippen LogP contribution in [0.25, 0.3) is 49.9 Å². The number of hydrogen-bond donors (Lipinski definition) is 0. The molecule has 0 spiro atoms. The van der Waals surface area contributed by atoms with Gasteiger partial charge in [-0.15, -0.1) is 0 Å². The van der Waals surface area contributed by atoms with Crippen LogP contribution in [0.1, 0.15) is 30.4 Å². The first-order chi connectivity index (χ1) is 29.5. The maximum Gasteiger partial charge on any atom is 0.137 e. The molecule has 3 heterocycles. The number of para-hydroxylation sites is 4. The van der Waals surface area contributed by atoms with Crippen LogP contribution in [0.2, 0.25) is 0 Å². The Labute approximate surface area is 344 Å². The van der Waals surface area contributed by atoms with E-state index in [4.69, 9.17) is 9.10 Å². The first-order valence-electron chi connectivity index (χ1n) is 21.3. The molecule has 58 heavy (non-hydrogen) atoms. The Kier molecular flexibility index (Phi) is 7.80. The molecular formula is C53H45N5. The van der Waals surface area contributed by atoms with Gasteiger partial charge in [-0.3, -0.25) is 4.57 Å². The highest BCUT2D eigenvalue weighted by atomic mass is 15.4. The van der Waals surface area contributed by atoms with Gasteiger partial charge in [0.05, 0.1) is 34.8 Å². The van der Waals surface area contributed by atoms with Gasteiger partial charge in [0.25, 0.3) is 0 Å². The lowest BCUT2D eigenvalue weighted by Crippen LogP contribution is -2.24. The molecule has 0 saturated carbocycles. The zero-order valence-electron chi connectivity index (χ0n) is 35.8. The molecule has 0 aliphatic carbocycles. The maximum atomic E-state index is 8.40. The summed E-state index contributed by atoms with van der Waals surface area (Å²) in [4.78, 5) is 11.0. The molecule has 0 radical (unpaired) electrons. The van der Waals surface area contributed by atoms with Crippen LogP contribution in [-0.2, 0) is 5.41 Å². The molecule has 0 N–H and O–H groups in total. The van der Waals surface area contributed by atoms with Gasteiger partial charge in [-0.05, 0) is 82.8 Å². The van der Waals surface area contributed by atoms with Crippen molar-refractivity contribution in [1.82, 2.24) is 9.55 Å². The van der Waals surface area contributed by atoms with Gasteiger partial charge in [0.2, 0.25) is 0 Å². The second-order valence-electron chi connectivity index (χ2n) is 16.0. The number of aromatic nitrogens is 2. The molecule has 1 aliphatic rings. The summed E-state index contributed by atoms with van der Waals surface area (Å²) in [6.07, 6.45) is 1.92. The molecule has 1 aliphatic heterocycles. The third-order valence-electron chi connectivity index (χ3n) is 11.3. The number of pyridine rings is 1. The highest BCUT2D eigenvalue weighted by Gasteiger charge is 2.27. The average molecular weight is 755 g/mol. The van der Waals surface area contributed by atoms with Crippen molar-refractivity contribution in [2.75, 3.05) is 28.3 Å². The van der Waals surface area contributed by atoms with Crippen LogP contribution in [0.5, 0.6) is 0 Å². The van der Waals surface area contributed by atoms with Gasteiger partial charge in [0, 0.05) is 56.2 Å². The van der Waals surface area contributed by atoms with Crippen molar-refractivity contribution in [3.8, 4) is 28.1 Å². The summed E-state index contributed by atoms with van der Waals surface area (Å²) in [6.45, 7) is 4.60. The molecule has 0 unspecified atom stereocenters. The maximum absolute atomic E-state index is 8.40. The number of nitrogens with zero attached hydrogens (tertiary/aromatic N) is 5. The highest BCUT2D eigenvalue weighted by Crippen LogP contribution is 2.49. The summed E-state index contributed by atoms with van der Waals surface area (Å²) >= 11 is 0. The fourth-order valence-electron chi connectivity index (χ4n) is 8.48. The van der Waals surface area contributed by atoms with Crippen molar-refractivity contribution >= 4 is 55.9 Å². The zero-order chi connectivity index (χ0) is 41.9. The summed E-state index contributed by atoms with van der Waals surface area (Å²) < 4.78 is 27.5. The molecule has 0 saturated heterocycles. The van der Waals surface area contributed by atoms with Gasteiger partial charge in [-0.25, -0.2) is 4.98 Å². The molecule has 0 amide bonds. The number of anilines is 6.